The van der Waals surface area contributed by atoms with Crippen LogP contribution in [-0.4, -0.2) is 4.98 Å². The maximum atomic E-state index is 13.4. The molecule has 0 amide bonds. The fraction of sp³-hybridized carbons (Fsp3) is 0. The Morgan fingerprint density at radius 3 is 2.88 bits per heavy atom. The van der Waals surface area contributed by atoms with Crippen LogP contribution in [0.25, 0.3) is 0 Å². The summed E-state index contributed by atoms with van der Waals surface area (Å²) in [4.78, 5) is 3.97. The molecule has 0 bridgehead atoms. The first kappa shape index (κ1) is 11.0. The van der Waals surface area contributed by atoms with Crippen LogP contribution in [0.2, 0.25) is 0 Å². The van der Waals surface area contributed by atoms with Crippen LogP contribution in [0.3, 0.4) is 0 Å². The van der Waals surface area contributed by atoms with E-state index in [9.17, 15) is 4.39 Å². The molecule has 0 saturated heterocycles. The summed E-state index contributed by atoms with van der Waals surface area (Å²) in [6.07, 6.45) is 0. The molecule has 0 aliphatic rings. The Hall–Kier alpha value is -1.45. The molecule has 0 aliphatic heterocycles. The lowest BCUT2D eigenvalue weighted by molar-refractivity contribution is 0.439. The molecule has 0 saturated carbocycles. The van der Waals surface area contributed by atoms with Crippen LogP contribution in [0, 0.1) is 17.1 Å². The lowest BCUT2D eigenvalue weighted by Crippen LogP contribution is -1.88. The molecule has 0 N–H and O–H groups in total. The largest absolute Gasteiger partial charge is 0.428 e. The van der Waals surface area contributed by atoms with E-state index < -0.39 is 5.82 Å². The molecule has 0 unspecified atom stereocenters. The summed E-state index contributed by atoms with van der Waals surface area (Å²) in [7, 11) is 0. The average Bonchev–Trinajstić information content (AvgIpc) is 2.67. The van der Waals surface area contributed by atoms with Crippen molar-refractivity contribution in [3.05, 3.63) is 39.6 Å². The molecule has 80 valence electrons. The van der Waals surface area contributed by atoms with Crippen LogP contribution in [-0.2, 0) is 0 Å². The highest BCUT2D eigenvalue weighted by molar-refractivity contribution is 9.10. The topological polar surface area (TPSA) is 45.9 Å². The van der Waals surface area contributed by atoms with Crippen molar-refractivity contribution in [2.75, 3.05) is 0 Å². The zero-order chi connectivity index (χ0) is 11.5. The standard InChI is InChI=1S/C10H4BrFN2OS/c11-9-5-16-10(14-9)15-8-2-1-6(4-13)3-7(8)12/h1-3,5H. The van der Waals surface area contributed by atoms with Crippen LogP contribution >= 0.6 is 27.3 Å². The van der Waals surface area contributed by atoms with Gasteiger partial charge >= 0.3 is 0 Å². The Balaban J connectivity index is 2.26. The minimum absolute atomic E-state index is 0.0563. The van der Waals surface area contributed by atoms with Crippen LogP contribution in [0.1, 0.15) is 5.56 Å². The molecule has 2 aromatic rings. The zero-order valence-corrected chi connectivity index (χ0v) is 10.2. The van der Waals surface area contributed by atoms with Crippen LogP contribution in [0.15, 0.2) is 28.2 Å². The Morgan fingerprint density at radius 1 is 1.50 bits per heavy atom. The van der Waals surface area contributed by atoms with Gasteiger partial charge in [0.2, 0.25) is 0 Å². The minimum Gasteiger partial charge on any atom is -0.428 e. The first-order chi connectivity index (χ1) is 7.69. The highest BCUT2D eigenvalue weighted by atomic mass is 79.9. The SMILES string of the molecule is N#Cc1ccc(Oc2nc(Br)cs2)c(F)c1. The van der Waals surface area contributed by atoms with Crippen molar-refractivity contribution in [2.24, 2.45) is 0 Å². The van der Waals surface area contributed by atoms with Crippen LogP contribution < -0.4 is 4.74 Å². The van der Waals surface area contributed by atoms with Gasteiger partial charge in [0.25, 0.3) is 5.19 Å². The van der Waals surface area contributed by atoms with E-state index in [2.05, 4.69) is 20.9 Å². The smallest absolute Gasteiger partial charge is 0.279 e. The van der Waals surface area contributed by atoms with Gasteiger partial charge in [-0.2, -0.15) is 10.2 Å². The maximum Gasteiger partial charge on any atom is 0.279 e. The van der Waals surface area contributed by atoms with Gasteiger partial charge in [0, 0.05) is 5.38 Å². The summed E-state index contributed by atoms with van der Waals surface area (Å²) in [6.45, 7) is 0. The van der Waals surface area contributed by atoms with E-state index in [1.54, 1.807) is 5.38 Å². The summed E-state index contributed by atoms with van der Waals surface area (Å²) in [5, 5.41) is 10.6. The number of thiazole rings is 1. The fourth-order valence-corrected chi connectivity index (χ4v) is 2.13. The Kier molecular flexibility index (Phi) is 3.17. The monoisotopic (exact) mass is 298 g/mol. The number of hydrogen-bond acceptors (Lipinski definition) is 4. The molecular formula is C10H4BrFN2OS. The molecular weight excluding hydrogens is 295 g/mol. The highest BCUT2D eigenvalue weighted by Gasteiger charge is 2.08. The average molecular weight is 299 g/mol. The van der Waals surface area contributed by atoms with Crippen LogP contribution in [0.4, 0.5) is 4.39 Å². The van der Waals surface area contributed by atoms with E-state index in [0.717, 1.165) is 6.07 Å². The molecule has 0 spiro atoms. The van der Waals surface area contributed by atoms with Crippen molar-refractivity contribution >= 4 is 27.3 Å². The first-order valence-electron chi connectivity index (χ1n) is 4.17. The van der Waals surface area contributed by atoms with Gasteiger partial charge in [-0.1, -0.05) is 11.3 Å². The molecule has 0 aliphatic carbocycles. The van der Waals surface area contributed by atoms with Gasteiger partial charge in [-0.05, 0) is 34.1 Å². The predicted molar refractivity (Wildman–Crippen MR) is 61.0 cm³/mol. The molecule has 6 heteroatoms. The molecule has 1 aromatic carbocycles. The quantitative estimate of drug-likeness (QED) is 0.849. The number of hydrogen-bond donors (Lipinski definition) is 0. The second-order valence-electron chi connectivity index (χ2n) is 2.80. The summed E-state index contributed by atoms with van der Waals surface area (Å²) in [5.74, 6) is -0.522. The van der Waals surface area contributed by atoms with Crippen molar-refractivity contribution in [1.82, 2.24) is 4.98 Å². The number of nitrogens with zero attached hydrogens (tertiary/aromatic N) is 2. The summed E-state index contributed by atoms with van der Waals surface area (Å²) >= 11 is 4.42. The van der Waals surface area contributed by atoms with Crippen molar-refractivity contribution < 1.29 is 9.13 Å². The Morgan fingerprint density at radius 2 is 2.31 bits per heavy atom. The second-order valence-corrected chi connectivity index (χ2v) is 4.43. The molecule has 3 nitrogen and oxygen atoms in total. The molecule has 0 fully saturated rings. The number of benzene rings is 1. The highest BCUT2D eigenvalue weighted by Crippen LogP contribution is 2.29. The summed E-state index contributed by atoms with van der Waals surface area (Å²) in [6, 6.07) is 5.86. The molecule has 1 aromatic heterocycles. The van der Waals surface area contributed by atoms with Gasteiger partial charge < -0.3 is 4.74 Å². The van der Waals surface area contributed by atoms with Gasteiger partial charge in [0.05, 0.1) is 11.6 Å². The van der Waals surface area contributed by atoms with Gasteiger partial charge in [0.1, 0.15) is 4.60 Å². The Bertz CT molecular complexity index is 564. The fourth-order valence-electron chi connectivity index (χ4n) is 1.03. The van der Waals surface area contributed by atoms with E-state index in [1.165, 1.54) is 23.5 Å². The third-order valence-corrected chi connectivity index (χ3v) is 3.14. The maximum absolute atomic E-state index is 13.4. The molecule has 2 rings (SSSR count). The Labute approximate surface area is 103 Å². The third-order valence-electron chi connectivity index (χ3n) is 1.71. The van der Waals surface area contributed by atoms with Gasteiger partial charge in [-0.25, -0.2) is 4.39 Å². The van der Waals surface area contributed by atoms with Crippen molar-refractivity contribution in [2.45, 2.75) is 0 Å². The molecule has 0 radical (unpaired) electrons. The van der Waals surface area contributed by atoms with Crippen molar-refractivity contribution in [3.8, 4) is 17.0 Å². The van der Waals surface area contributed by atoms with E-state index in [-0.39, 0.29) is 11.3 Å². The first-order valence-corrected chi connectivity index (χ1v) is 5.85. The molecule has 0 atom stereocenters. The zero-order valence-electron chi connectivity index (χ0n) is 7.78. The lowest BCUT2D eigenvalue weighted by Gasteiger charge is -2.02. The summed E-state index contributed by atoms with van der Waals surface area (Å²) < 4.78 is 19.3. The van der Waals surface area contributed by atoms with Gasteiger partial charge in [-0.3, -0.25) is 0 Å². The lowest BCUT2D eigenvalue weighted by atomic mass is 10.2. The van der Waals surface area contributed by atoms with E-state index >= 15 is 0 Å². The van der Waals surface area contributed by atoms with Crippen LogP contribution in [0.5, 0.6) is 10.9 Å². The predicted octanol–water partition coefficient (Wildman–Crippen LogP) is 3.71. The minimum atomic E-state index is -0.578. The molecule has 16 heavy (non-hydrogen) atoms. The normalized spacial score (nSPS) is 9.81. The summed E-state index contributed by atoms with van der Waals surface area (Å²) in [5.41, 5.74) is 0.255. The number of ether oxygens (including phenoxy) is 1. The number of halogens is 2. The van der Waals surface area contributed by atoms with E-state index in [1.807, 2.05) is 6.07 Å². The van der Waals surface area contributed by atoms with Crippen molar-refractivity contribution in [3.63, 3.8) is 0 Å². The molecule has 1 heterocycles. The van der Waals surface area contributed by atoms with E-state index in [4.69, 9.17) is 10.00 Å². The van der Waals surface area contributed by atoms with Crippen molar-refractivity contribution in [1.29, 1.82) is 5.26 Å². The van der Waals surface area contributed by atoms with E-state index in [0.29, 0.717) is 9.80 Å². The van der Waals surface area contributed by atoms with Gasteiger partial charge in [0.15, 0.2) is 11.6 Å². The number of rotatable bonds is 2. The number of nitriles is 1. The second kappa shape index (κ2) is 4.60. The number of aromatic nitrogens is 1. The van der Waals surface area contributed by atoms with Gasteiger partial charge in [-0.15, -0.1) is 0 Å². The third kappa shape index (κ3) is 2.38.